The van der Waals surface area contributed by atoms with E-state index in [0.29, 0.717) is 6.04 Å². The summed E-state index contributed by atoms with van der Waals surface area (Å²) < 4.78 is 0. The first kappa shape index (κ1) is 11.0. The number of rotatable bonds is 3. The highest BCUT2D eigenvalue weighted by Gasteiger charge is 2.21. The number of nitrogens with two attached hydrogens (primary N) is 1. The molecule has 0 bridgehead atoms. The maximum Gasteiger partial charge on any atom is 0.00415 e. The van der Waals surface area contributed by atoms with Crippen LogP contribution in [0, 0.1) is 11.8 Å². The fourth-order valence-electron chi connectivity index (χ4n) is 2.65. The van der Waals surface area contributed by atoms with Gasteiger partial charge in [0.15, 0.2) is 0 Å². The Morgan fingerprint density at radius 3 is 2.69 bits per heavy atom. The van der Waals surface area contributed by atoms with Crippen molar-refractivity contribution in [1.29, 1.82) is 0 Å². The summed E-state index contributed by atoms with van der Waals surface area (Å²) in [6, 6.07) is 0.492. The summed E-state index contributed by atoms with van der Waals surface area (Å²) in [6.07, 6.45) is 9.44. The average Bonchev–Trinajstić information content (AvgIpc) is 2.30. The summed E-state index contributed by atoms with van der Waals surface area (Å²) >= 11 is 0. The van der Waals surface area contributed by atoms with Gasteiger partial charge in [0.05, 0.1) is 0 Å². The van der Waals surface area contributed by atoms with Crippen molar-refractivity contribution in [2.45, 2.75) is 64.8 Å². The Hall–Kier alpha value is -0.0400. The molecule has 1 rings (SSSR count). The van der Waals surface area contributed by atoms with Crippen LogP contribution in [0.3, 0.4) is 0 Å². The van der Waals surface area contributed by atoms with Crippen LogP contribution in [0.15, 0.2) is 0 Å². The molecule has 3 unspecified atom stereocenters. The van der Waals surface area contributed by atoms with Gasteiger partial charge in [0.2, 0.25) is 0 Å². The standard InChI is InChI=1S/C12H25N/c1-3-6-10(2)11-7-4-5-8-12(13)9-11/h10-12H,3-9,13H2,1-2H3. The van der Waals surface area contributed by atoms with E-state index >= 15 is 0 Å². The Morgan fingerprint density at radius 2 is 2.00 bits per heavy atom. The predicted octanol–water partition coefficient (Wildman–Crippen LogP) is 3.33. The zero-order chi connectivity index (χ0) is 9.68. The third kappa shape index (κ3) is 3.68. The van der Waals surface area contributed by atoms with E-state index in [9.17, 15) is 0 Å². The normalized spacial score (nSPS) is 32.5. The number of hydrogen-bond acceptors (Lipinski definition) is 1. The molecule has 1 aliphatic carbocycles. The minimum absolute atomic E-state index is 0.492. The van der Waals surface area contributed by atoms with E-state index in [1.807, 2.05) is 0 Å². The molecule has 78 valence electrons. The summed E-state index contributed by atoms with van der Waals surface area (Å²) in [5, 5.41) is 0. The minimum Gasteiger partial charge on any atom is -0.328 e. The van der Waals surface area contributed by atoms with E-state index in [-0.39, 0.29) is 0 Å². The van der Waals surface area contributed by atoms with Crippen LogP contribution in [0.2, 0.25) is 0 Å². The summed E-state index contributed by atoms with van der Waals surface area (Å²) in [6.45, 7) is 4.69. The largest absolute Gasteiger partial charge is 0.328 e. The molecular weight excluding hydrogens is 158 g/mol. The van der Waals surface area contributed by atoms with Crippen molar-refractivity contribution >= 4 is 0 Å². The lowest BCUT2D eigenvalue weighted by atomic mass is 9.84. The highest BCUT2D eigenvalue weighted by atomic mass is 14.6. The summed E-state index contributed by atoms with van der Waals surface area (Å²) in [5.74, 6) is 1.81. The lowest BCUT2D eigenvalue weighted by Gasteiger charge is -2.23. The molecule has 0 aromatic rings. The number of hydrogen-bond donors (Lipinski definition) is 1. The Bertz CT molecular complexity index is 133. The van der Waals surface area contributed by atoms with Crippen molar-refractivity contribution in [2.24, 2.45) is 17.6 Å². The third-order valence-electron chi connectivity index (χ3n) is 3.55. The zero-order valence-corrected chi connectivity index (χ0v) is 9.26. The minimum atomic E-state index is 0.492. The monoisotopic (exact) mass is 183 g/mol. The molecule has 0 radical (unpaired) electrons. The Kier molecular flexibility index (Phi) is 4.79. The van der Waals surface area contributed by atoms with Gasteiger partial charge in [0.1, 0.15) is 0 Å². The Morgan fingerprint density at radius 1 is 1.31 bits per heavy atom. The van der Waals surface area contributed by atoms with Gasteiger partial charge in [0, 0.05) is 6.04 Å². The van der Waals surface area contributed by atoms with E-state index in [1.165, 1.54) is 44.9 Å². The Balaban J connectivity index is 2.37. The van der Waals surface area contributed by atoms with Crippen LogP contribution in [0.4, 0.5) is 0 Å². The highest BCUT2D eigenvalue weighted by Crippen LogP contribution is 2.30. The van der Waals surface area contributed by atoms with Crippen LogP contribution in [0.1, 0.15) is 58.8 Å². The van der Waals surface area contributed by atoms with E-state index in [4.69, 9.17) is 5.73 Å². The van der Waals surface area contributed by atoms with Gasteiger partial charge >= 0.3 is 0 Å². The molecule has 1 heteroatoms. The molecule has 2 N–H and O–H groups in total. The maximum atomic E-state index is 6.06. The molecule has 0 aromatic heterocycles. The van der Waals surface area contributed by atoms with Crippen molar-refractivity contribution < 1.29 is 0 Å². The van der Waals surface area contributed by atoms with Crippen molar-refractivity contribution in [2.75, 3.05) is 0 Å². The van der Waals surface area contributed by atoms with Crippen molar-refractivity contribution in [3.05, 3.63) is 0 Å². The highest BCUT2D eigenvalue weighted by molar-refractivity contribution is 4.76. The zero-order valence-electron chi connectivity index (χ0n) is 9.26. The first-order valence-corrected chi connectivity index (χ1v) is 5.99. The van der Waals surface area contributed by atoms with Crippen LogP contribution >= 0.6 is 0 Å². The summed E-state index contributed by atoms with van der Waals surface area (Å²) in [7, 11) is 0. The second-order valence-electron chi connectivity index (χ2n) is 4.81. The molecule has 1 nitrogen and oxygen atoms in total. The second kappa shape index (κ2) is 5.64. The topological polar surface area (TPSA) is 26.0 Å². The van der Waals surface area contributed by atoms with Crippen LogP contribution in [-0.4, -0.2) is 6.04 Å². The molecule has 0 amide bonds. The Labute approximate surface area is 83.1 Å². The molecule has 0 spiro atoms. The van der Waals surface area contributed by atoms with Gasteiger partial charge in [-0.15, -0.1) is 0 Å². The molecule has 1 saturated carbocycles. The van der Waals surface area contributed by atoms with Gasteiger partial charge in [-0.3, -0.25) is 0 Å². The molecule has 1 fully saturated rings. The maximum absolute atomic E-state index is 6.06. The molecule has 0 aromatic carbocycles. The smallest absolute Gasteiger partial charge is 0.00415 e. The van der Waals surface area contributed by atoms with Crippen LogP contribution in [0.5, 0.6) is 0 Å². The fraction of sp³-hybridized carbons (Fsp3) is 1.00. The van der Waals surface area contributed by atoms with Gasteiger partial charge in [-0.05, 0) is 24.7 Å². The molecule has 1 aliphatic rings. The van der Waals surface area contributed by atoms with E-state index < -0.39 is 0 Å². The molecule has 13 heavy (non-hydrogen) atoms. The van der Waals surface area contributed by atoms with Gasteiger partial charge in [-0.2, -0.15) is 0 Å². The first-order chi connectivity index (χ1) is 6.24. The summed E-state index contributed by atoms with van der Waals surface area (Å²) in [4.78, 5) is 0. The van der Waals surface area contributed by atoms with E-state index in [2.05, 4.69) is 13.8 Å². The SMILES string of the molecule is CCCC(C)C1CCCCC(N)C1. The van der Waals surface area contributed by atoms with Crippen molar-refractivity contribution in [1.82, 2.24) is 0 Å². The molecule has 0 saturated heterocycles. The fourth-order valence-corrected chi connectivity index (χ4v) is 2.65. The third-order valence-corrected chi connectivity index (χ3v) is 3.55. The summed E-state index contributed by atoms with van der Waals surface area (Å²) in [5.41, 5.74) is 6.06. The lowest BCUT2D eigenvalue weighted by molar-refractivity contribution is 0.291. The quantitative estimate of drug-likeness (QED) is 0.667. The average molecular weight is 183 g/mol. The molecule has 3 atom stereocenters. The first-order valence-electron chi connectivity index (χ1n) is 5.99. The van der Waals surface area contributed by atoms with Gasteiger partial charge in [-0.25, -0.2) is 0 Å². The van der Waals surface area contributed by atoms with Crippen LogP contribution in [-0.2, 0) is 0 Å². The van der Waals surface area contributed by atoms with Gasteiger partial charge in [0.25, 0.3) is 0 Å². The van der Waals surface area contributed by atoms with Gasteiger partial charge < -0.3 is 5.73 Å². The van der Waals surface area contributed by atoms with Crippen molar-refractivity contribution in [3.63, 3.8) is 0 Å². The lowest BCUT2D eigenvalue weighted by Crippen LogP contribution is -2.24. The van der Waals surface area contributed by atoms with Gasteiger partial charge in [-0.1, -0.05) is 46.0 Å². The second-order valence-corrected chi connectivity index (χ2v) is 4.81. The van der Waals surface area contributed by atoms with E-state index in [1.54, 1.807) is 0 Å². The van der Waals surface area contributed by atoms with Crippen LogP contribution in [0.25, 0.3) is 0 Å². The van der Waals surface area contributed by atoms with Crippen LogP contribution < -0.4 is 5.73 Å². The molecule has 0 heterocycles. The van der Waals surface area contributed by atoms with E-state index in [0.717, 1.165) is 11.8 Å². The van der Waals surface area contributed by atoms with Crippen molar-refractivity contribution in [3.8, 4) is 0 Å². The predicted molar refractivity (Wildman–Crippen MR) is 58.6 cm³/mol. The molecule has 0 aliphatic heterocycles. The molecular formula is C12H25N.